The first kappa shape index (κ1) is 15.2. The number of nitrogen functional groups attached to an aromatic ring is 1. The number of nitrogens with zero attached hydrogens (tertiary/aromatic N) is 2. The maximum absolute atomic E-state index is 12.6. The number of benzene rings is 1. The number of carbonyl (C=O) groups excluding carboxylic acids is 1. The lowest BCUT2D eigenvalue weighted by Crippen LogP contribution is -2.50. The van der Waals surface area contributed by atoms with Gasteiger partial charge in [-0.1, -0.05) is 6.07 Å². The Balaban J connectivity index is 2.37. The minimum absolute atomic E-state index is 0.0214. The Morgan fingerprint density at radius 2 is 2.24 bits per heavy atom. The molecule has 0 spiro atoms. The summed E-state index contributed by atoms with van der Waals surface area (Å²) < 4.78 is 5.54. The normalized spacial score (nSPS) is 17.4. The van der Waals surface area contributed by atoms with Crippen LogP contribution in [0, 0.1) is 10.1 Å². The summed E-state index contributed by atoms with van der Waals surface area (Å²) in [6.07, 6.45) is 0. The van der Waals surface area contributed by atoms with Crippen LogP contribution < -0.4 is 11.3 Å². The van der Waals surface area contributed by atoms with Gasteiger partial charge in [0.25, 0.3) is 5.91 Å². The van der Waals surface area contributed by atoms with Crippen molar-refractivity contribution in [2.75, 3.05) is 25.1 Å². The number of ether oxygens (including phenoxy) is 1. The summed E-state index contributed by atoms with van der Waals surface area (Å²) >= 11 is 0. The second-order valence-electron chi connectivity index (χ2n) is 5.44. The first-order valence-electron chi connectivity index (χ1n) is 6.53. The molecule has 8 nitrogen and oxygen atoms in total. The van der Waals surface area contributed by atoms with Gasteiger partial charge in [0, 0.05) is 13.1 Å². The van der Waals surface area contributed by atoms with Crippen molar-refractivity contribution in [2.24, 2.45) is 5.84 Å². The van der Waals surface area contributed by atoms with Crippen LogP contribution in [0.5, 0.6) is 0 Å². The molecule has 0 radical (unpaired) electrons. The van der Waals surface area contributed by atoms with Crippen LogP contribution in [-0.4, -0.2) is 41.0 Å². The van der Waals surface area contributed by atoms with Gasteiger partial charge >= 0.3 is 5.69 Å². The fourth-order valence-corrected chi connectivity index (χ4v) is 2.39. The number of anilines is 1. The van der Waals surface area contributed by atoms with Crippen molar-refractivity contribution in [3.05, 3.63) is 33.9 Å². The smallest absolute Gasteiger partial charge is 0.306 e. The number of hydrogen-bond donors (Lipinski definition) is 2. The summed E-state index contributed by atoms with van der Waals surface area (Å²) in [7, 11) is 0. The molecule has 8 heteroatoms. The van der Waals surface area contributed by atoms with Gasteiger partial charge in [0.05, 0.1) is 17.1 Å². The number of nitrogens with two attached hydrogens (primary N) is 1. The third kappa shape index (κ3) is 3.11. The van der Waals surface area contributed by atoms with Crippen molar-refractivity contribution in [1.82, 2.24) is 4.90 Å². The predicted octanol–water partition coefficient (Wildman–Crippen LogP) is 1.13. The van der Waals surface area contributed by atoms with Crippen molar-refractivity contribution in [3.63, 3.8) is 0 Å². The van der Waals surface area contributed by atoms with Gasteiger partial charge in [-0.25, -0.2) is 0 Å². The van der Waals surface area contributed by atoms with Crippen molar-refractivity contribution in [2.45, 2.75) is 19.4 Å². The van der Waals surface area contributed by atoms with Gasteiger partial charge in [-0.05, 0) is 26.0 Å². The number of nitrogens with one attached hydrogen (secondary N) is 1. The molecule has 1 amide bonds. The Labute approximate surface area is 122 Å². The second kappa shape index (κ2) is 5.66. The minimum atomic E-state index is -0.603. The largest absolute Gasteiger partial charge is 0.372 e. The molecular weight excluding hydrogens is 276 g/mol. The van der Waals surface area contributed by atoms with Gasteiger partial charge in [-0.3, -0.25) is 20.8 Å². The molecule has 1 heterocycles. The molecule has 0 unspecified atom stereocenters. The molecular formula is C13H18N4O4. The van der Waals surface area contributed by atoms with Crippen molar-refractivity contribution >= 4 is 17.3 Å². The van der Waals surface area contributed by atoms with E-state index in [1.54, 1.807) is 11.0 Å². The predicted molar refractivity (Wildman–Crippen MR) is 76.8 cm³/mol. The van der Waals surface area contributed by atoms with E-state index in [1.165, 1.54) is 12.1 Å². The monoisotopic (exact) mass is 294 g/mol. The molecule has 0 saturated carbocycles. The highest BCUT2D eigenvalue weighted by Crippen LogP contribution is 2.30. The van der Waals surface area contributed by atoms with Crippen molar-refractivity contribution in [3.8, 4) is 0 Å². The van der Waals surface area contributed by atoms with E-state index >= 15 is 0 Å². The van der Waals surface area contributed by atoms with E-state index in [2.05, 4.69) is 5.43 Å². The lowest BCUT2D eigenvalue weighted by Gasteiger charge is -2.38. The first-order chi connectivity index (χ1) is 9.85. The molecule has 0 atom stereocenters. The lowest BCUT2D eigenvalue weighted by molar-refractivity contribution is -0.384. The molecule has 1 aliphatic rings. The van der Waals surface area contributed by atoms with E-state index < -0.39 is 16.4 Å². The number of carbonyl (C=O) groups is 1. The molecule has 1 aliphatic heterocycles. The number of amides is 1. The van der Waals surface area contributed by atoms with E-state index in [0.717, 1.165) is 0 Å². The van der Waals surface area contributed by atoms with Crippen LogP contribution in [0.15, 0.2) is 18.2 Å². The molecule has 21 heavy (non-hydrogen) atoms. The summed E-state index contributed by atoms with van der Waals surface area (Å²) in [6.45, 7) is 4.93. The number of hydrogen-bond acceptors (Lipinski definition) is 6. The summed E-state index contributed by atoms with van der Waals surface area (Å²) in [5.74, 6) is 4.89. The van der Waals surface area contributed by atoms with Gasteiger partial charge in [0.1, 0.15) is 11.3 Å². The Bertz CT molecular complexity index is 573. The topological polar surface area (TPSA) is 111 Å². The summed E-state index contributed by atoms with van der Waals surface area (Å²) in [6, 6.07) is 4.45. The fraction of sp³-hybridized carbons (Fsp3) is 0.462. The van der Waals surface area contributed by atoms with Crippen LogP contribution in [0.4, 0.5) is 11.4 Å². The third-order valence-electron chi connectivity index (χ3n) is 3.32. The average Bonchev–Trinajstić information content (AvgIpc) is 2.44. The number of nitro groups is 1. The standard InChI is InChI=1S/C13H18N4O4/c1-13(2)8-16(6-7-21-13)12(18)9-4-3-5-10(15-14)11(9)17(19)20/h3-5,15H,6-8,14H2,1-2H3. The van der Waals surface area contributed by atoms with Gasteiger partial charge in [0.2, 0.25) is 0 Å². The average molecular weight is 294 g/mol. The summed E-state index contributed by atoms with van der Waals surface area (Å²) in [5.41, 5.74) is 1.61. The molecule has 114 valence electrons. The summed E-state index contributed by atoms with van der Waals surface area (Å²) in [5, 5.41) is 11.2. The first-order valence-corrected chi connectivity index (χ1v) is 6.53. The highest BCUT2D eigenvalue weighted by atomic mass is 16.6. The molecule has 1 aromatic carbocycles. The van der Waals surface area contributed by atoms with Gasteiger partial charge in [-0.2, -0.15) is 0 Å². The third-order valence-corrected chi connectivity index (χ3v) is 3.32. The van der Waals surface area contributed by atoms with Crippen LogP contribution in [0.1, 0.15) is 24.2 Å². The summed E-state index contributed by atoms with van der Waals surface area (Å²) in [4.78, 5) is 24.8. The minimum Gasteiger partial charge on any atom is -0.372 e. The van der Waals surface area contributed by atoms with Crippen LogP contribution in [0.25, 0.3) is 0 Å². The van der Waals surface area contributed by atoms with Crippen LogP contribution >= 0.6 is 0 Å². The molecule has 0 aromatic heterocycles. The zero-order valence-corrected chi connectivity index (χ0v) is 12.0. The zero-order valence-electron chi connectivity index (χ0n) is 12.0. The van der Waals surface area contributed by atoms with E-state index in [4.69, 9.17) is 10.6 Å². The van der Waals surface area contributed by atoms with Crippen molar-refractivity contribution < 1.29 is 14.5 Å². The van der Waals surface area contributed by atoms with E-state index in [0.29, 0.717) is 19.7 Å². The van der Waals surface area contributed by atoms with E-state index in [9.17, 15) is 14.9 Å². The molecule has 2 rings (SSSR count). The molecule has 1 fully saturated rings. The highest BCUT2D eigenvalue weighted by Gasteiger charge is 2.33. The fourth-order valence-electron chi connectivity index (χ4n) is 2.39. The van der Waals surface area contributed by atoms with Crippen LogP contribution in [0.2, 0.25) is 0 Å². The quantitative estimate of drug-likeness (QED) is 0.491. The molecule has 1 aromatic rings. The van der Waals surface area contributed by atoms with E-state index in [1.807, 2.05) is 13.8 Å². The van der Waals surface area contributed by atoms with E-state index in [-0.39, 0.29) is 16.9 Å². The molecule has 3 N–H and O–H groups in total. The molecule has 0 aliphatic carbocycles. The Morgan fingerprint density at radius 1 is 1.52 bits per heavy atom. The number of morpholine rings is 1. The maximum atomic E-state index is 12.6. The lowest BCUT2D eigenvalue weighted by atomic mass is 10.1. The Kier molecular flexibility index (Phi) is 4.10. The van der Waals surface area contributed by atoms with Gasteiger partial charge < -0.3 is 15.1 Å². The van der Waals surface area contributed by atoms with Crippen molar-refractivity contribution in [1.29, 1.82) is 0 Å². The van der Waals surface area contributed by atoms with Gasteiger partial charge in [-0.15, -0.1) is 0 Å². The van der Waals surface area contributed by atoms with Crippen LogP contribution in [0.3, 0.4) is 0 Å². The molecule has 1 saturated heterocycles. The Hall–Kier alpha value is -2.19. The Morgan fingerprint density at radius 3 is 2.81 bits per heavy atom. The number of nitro benzene ring substituents is 1. The maximum Gasteiger partial charge on any atom is 0.306 e. The highest BCUT2D eigenvalue weighted by molar-refractivity contribution is 6.00. The number of hydrazine groups is 1. The SMILES string of the molecule is CC1(C)CN(C(=O)c2cccc(NN)c2[N+](=O)[O-])CCO1. The van der Waals surface area contributed by atoms with Crippen LogP contribution in [-0.2, 0) is 4.74 Å². The number of para-hydroxylation sites is 1. The number of rotatable bonds is 3. The second-order valence-corrected chi connectivity index (χ2v) is 5.44. The molecule has 0 bridgehead atoms. The van der Waals surface area contributed by atoms with Gasteiger partial charge in [0.15, 0.2) is 0 Å². The zero-order chi connectivity index (χ0) is 15.6.